The number of benzene rings is 1. The summed E-state index contributed by atoms with van der Waals surface area (Å²) >= 11 is 0. The number of nitrogens with one attached hydrogen (secondary N) is 1. The molecule has 0 aromatic heterocycles. The molecule has 110 valence electrons. The van der Waals surface area contributed by atoms with Crippen LogP contribution >= 0.6 is 0 Å². The van der Waals surface area contributed by atoms with Gasteiger partial charge in [-0.3, -0.25) is 4.79 Å². The Kier molecular flexibility index (Phi) is 6.45. The summed E-state index contributed by atoms with van der Waals surface area (Å²) in [6.07, 6.45) is 0.666. The van der Waals surface area contributed by atoms with E-state index >= 15 is 0 Å². The van der Waals surface area contributed by atoms with Gasteiger partial charge in [-0.2, -0.15) is 0 Å². The Bertz CT molecular complexity index is 479. The quantitative estimate of drug-likeness (QED) is 0.437. The molecule has 0 bridgehead atoms. The Labute approximate surface area is 116 Å². The van der Waals surface area contributed by atoms with Crippen molar-refractivity contribution in [1.29, 1.82) is 0 Å². The van der Waals surface area contributed by atoms with Crippen molar-refractivity contribution in [1.82, 2.24) is 5.32 Å². The molecule has 0 aliphatic rings. The topological polar surface area (TPSA) is 90.6 Å². The SMILES string of the molecule is COCCCNC(=O)COC(=O)c1ccc(N)c(F)c1. The van der Waals surface area contributed by atoms with E-state index in [0.29, 0.717) is 19.6 Å². The summed E-state index contributed by atoms with van der Waals surface area (Å²) in [7, 11) is 1.56. The Morgan fingerprint density at radius 1 is 1.40 bits per heavy atom. The number of anilines is 1. The molecule has 0 saturated carbocycles. The van der Waals surface area contributed by atoms with Crippen LogP contribution in [0, 0.1) is 5.82 Å². The lowest BCUT2D eigenvalue weighted by molar-refractivity contribution is -0.124. The van der Waals surface area contributed by atoms with Crippen molar-refractivity contribution in [2.24, 2.45) is 0 Å². The highest BCUT2D eigenvalue weighted by Crippen LogP contribution is 2.12. The van der Waals surface area contributed by atoms with Crippen molar-refractivity contribution in [3.05, 3.63) is 29.6 Å². The monoisotopic (exact) mass is 284 g/mol. The number of carbonyl (C=O) groups is 2. The van der Waals surface area contributed by atoms with Gasteiger partial charge in [-0.05, 0) is 24.6 Å². The van der Waals surface area contributed by atoms with Crippen molar-refractivity contribution < 1.29 is 23.5 Å². The van der Waals surface area contributed by atoms with Gasteiger partial charge in [-0.1, -0.05) is 0 Å². The molecule has 1 rings (SSSR count). The second kappa shape index (κ2) is 8.11. The fourth-order valence-corrected chi connectivity index (χ4v) is 1.36. The molecule has 0 saturated heterocycles. The number of hydrogen-bond acceptors (Lipinski definition) is 5. The first-order valence-corrected chi connectivity index (χ1v) is 6.02. The summed E-state index contributed by atoms with van der Waals surface area (Å²) in [6.45, 7) is 0.545. The highest BCUT2D eigenvalue weighted by Gasteiger charge is 2.11. The smallest absolute Gasteiger partial charge is 0.338 e. The fourth-order valence-electron chi connectivity index (χ4n) is 1.36. The lowest BCUT2D eigenvalue weighted by atomic mass is 10.2. The molecule has 1 amide bonds. The fraction of sp³-hybridized carbons (Fsp3) is 0.385. The lowest BCUT2D eigenvalue weighted by Gasteiger charge is -2.07. The molecule has 0 radical (unpaired) electrons. The summed E-state index contributed by atoms with van der Waals surface area (Å²) in [4.78, 5) is 22.9. The molecule has 0 aliphatic heterocycles. The van der Waals surface area contributed by atoms with Crippen LogP contribution in [0.25, 0.3) is 0 Å². The summed E-state index contributed by atoms with van der Waals surface area (Å²) in [5.74, 6) is -1.91. The van der Waals surface area contributed by atoms with Gasteiger partial charge in [-0.15, -0.1) is 0 Å². The predicted molar refractivity (Wildman–Crippen MR) is 70.6 cm³/mol. The van der Waals surface area contributed by atoms with Gasteiger partial charge in [0.25, 0.3) is 5.91 Å². The van der Waals surface area contributed by atoms with Crippen LogP contribution in [0.1, 0.15) is 16.8 Å². The number of hydrogen-bond donors (Lipinski definition) is 2. The van der Waals surface area contributed by atoms with Gasteiger partial charge in [-0.25, -0.2) is 9.18 Å². The third kappa shape index (κ3) is 5.23. The first-order chi connectivity index (χ1) is 9.54. The van der Waals surface area contributed by atoms with Gasteiger partial charge in [0.05, 0.1) is 11.3 Å². The first kappa shape index (κ1) is 15.9. The van der Waals surface area contributed by atoms with Gasteiger partial charge in [0.1, 0.15) is 5.82 Å². The lowest BCUT2D eigenvalue weighted by Crippen LogP contribution is -2.30. The summed E-state index contributed by atoms with van der Waals surface area (Å²) in [5.41, 5.74) is 5.23. The summed E-state index contributed by atoms with van der Waals surface area (Å²) in [5, 5.41) is 2.55. The van der Waals surface area contributed by atoms with Crippen LogP contribution in [0.15, 0.2) is 18.2 Å². The summed E-state index contributed by atoms with van der Waals surface area (Å²) < 4.78 is 22.7. The number of halogens is 1. The Morgan fingerprint density at radius 2 is 2.15 bits per heavy atom. The number of esters is 1. The number of ether oxygens (including phenoxy) is 2. The van der Waals surface area contributed by atoms with E-state index in [1.165, 1.54) is 12.1 Å². The van der Waals surface area contributed by atoms with Crippen molar-refractivity contribution in [3.63, 3.8) is 0 Å². The molecule has 6 nitrogen and oxygen atoms in total. The molecule has 0 fully saturated rings. The van der Waals surface area contributed by atoms with Crippen LogP contribution in [-0.4, -0.2) is 38.7 Å². The molecule has 20 heavy (non-hydrogen) atoms. The largest absolute Gasteiger partial charge is 0.452 e. The van der Waals surface area contributed by atoms with Gasteiger partial charge in [0.15, 0.2) is 6.61 Å². The second-order valence-electron chi connectivity index (χ2n) is 4.01. The Hall–Kier alpha value is -2.15. The van der Waals surface area contributed by atoms with E-state index in [1.807, 2.05) is 0 Å². The van der Waals surface area contributed by atoms with Crippen molar-refractivity contribution in [3.8, 4) is 0 Å². The average Bonchev–Trinajstić information content (AvgIpc) is 2.44. The molecule has 0 aliphatic carbocycles. The minimum Gasteiger partial charge on any atom is -0.452 e. The molecule has 7 heteroatoms. The maximum atomic E-state index is 13.2. The molecule has 1 aromatic rings. The number of rotatable bonds is 7. The van der Waals surface area contributed by atoms with E-state index in [2.05, 4.69) is 5.32 Å². The Balaban J connectivity index is 2.35. The minimum absolute atomic E-state index is 0.00360. The summed E-state index contributed by atoms with van der Waals surface area (Å²) in [6, 6.07) is 3.56. The normalized spacial score (nSPS) is 10.1. The zero-order valence-electron chi connectivity index (χ0n) is 11.1. The van der Waals surface area contributed by atoms with Crippen molar-refractivity contribution in [2.45, 2.75) is 6.42 Å². The van der Waals surface area contributed by atoms with Gasteiger partial charge < -0.3 is 20.5 Å². The predicted octanol–water partition coefficient (Wildman–Crippen LogP) is 0.717. The molecule has 0 heterocycles. The molecule has 1 aromatic carbocycles. The maximum Gasteiger partial charge on any atom is 0.338 e. The molecule has 3 N–H and O–H groups in total. The molecule has 0 atom stereocenters. The van der Waals surface area contributed by atoms with E-state index < -0.39 is 24.3 Å². The standard InChI is InChI=1S/C13H17FN2O4/c1-19-6-2-5-16-12(17)8-20-13(18)9-3-4-11(15)10(14)7-9/h3-4,7H,2,5-6,8,15H2,1H3,(H,16,17). The number of methoxy groups -OCH3 is 1. The minimum atomic E-state index is -0.782. The Morgan fingerprint density at radius 3 is 2.80 bits per heavy atom. The van der Waals surface area contributed by atoms with Crippen molar-refractivity contribution >= 4 is 17.6 Å². The van der Waals surface area contributed by atoms with Gasteiger partial charge in [0.2, 0.25) is 0 Å². The number of carbonyl (C=O) groups excluding carboxylic acids is 2. The third-order valence-electron chi connectivity index (χ3n) is 2.42. The number of nitrogen functional groups attached to an aromatic ring is 1. The van der Waals surface area contributed by atoms with Crippen LogP contribution < -0.4 is 11.1 Å². The third-order valence-corrected chi connectivity index (χ3v) is 2.42. The van der Waals surface area contributed by atoms with Crippen LogP contribution in [0.3, 0.4) is 0 Å². The van der Waals surface area contributed by atoms with Crippen molar-refractivity contribution in [2.75, 3.05) is 32.6 Å². The average molecular weight is 284 g/mol. The number of amides is 1. The zero-order valence-corrected chi connectivity index (χ0v) is 11.1. The van der Waals surface area contributed by atoms with E-state index in [9.17, 15) is 14.0 Å². The first-order valence-electron chi connectivity index (χ1n) is 6.02. The molecule has 0 spiro atoms. The second-order valence-corrected chi connectivity index (χ2v) is 4.01. The van der Waals surface area contributed by atoms with E-state index in [1.54, 1.807) is 7.11 Å². The molecular weight excluding hydrogens is 267 g/mol. The number of nitrogens with two attached hydrogens (primary N) is 1. The van der Waals surface area contributed by atoms with E-state index in [0.717, 1.165) is 6.07 Å². The van der Waals surface area contributed by atoms with Crippen LogP contribution in [0.5, 0.6) is 0 Å². The van der Waals surface area contributed by atoms with E-state index in [-0.39, 0.29) is 11.3 Å². The van der Waals surface area contributed by atoms with Gasteiger partial charge >= 0.3 is 5.97 Å². The van der Waals surface area contributed by atoms with Crippen LogP contribution in [0.2, 0.25) is 0 Å². The van der Waals surface area contributed by atoms with Crippen LogP contribution in [-0.2, 0) is 14.3 Å². The van der Waals surface area contributed by atoms with Gasteiger partial charge in [0, 0.05) is 20.3 Å². The highest BCUT2D eigenvalue weighted by molar-refractivity contribution is 5.91. The maximum absolute atomic E-state index is 13.2. The highest BCUT2D eigenvalue weighted by atomic mass is 19.1. The van der Waals surface area contributed by atoms with E-state index in [4.69, 9.17) is 15.2 Å². The molecular formula is C13H17FN2O4. The van der Waals surface area contributed by atoms with Crippen LogP contribution in [0.4, 0.5) is 10.1 Å². The zero-order chi connectivity index (χ0) is 15.0. The molecule has 0 unspecified atom stereocenters.